The number of hydrogen-bond donors (Lipinski definition) is 1. The first-order valence-electron chi connectivity index (χ1n) is 5.37. The topological polar surface area (TPSA) is 46.5 Å². The molecular formula is C12H12ClFO3. The number of ether oxygens (including phenoxy) is 1. The predicted molar refractivity (Wildman–Crippen MR) is 61.1 cm³/mol. The summed E-state index contributed by atoms with van der Waals surface area (Å²) < 4.78 is 18.8. The number of carboxylic acid groups (broad SMARTS) is 1. The third-order valence-electron chi connectivity index (χ3n) is 2.68. The molecule has 1 aliphatic rings. The quantitative estimate of drug-likeness (QED) is 0.902. The highest BCUT2D eigenvalue weighted by Crippen LogP contribution is 2.38. The van der Waals surface area contributed by atoms with Crippen molar-refractivity contribution in [2.45, 2.75) is 31.8 Å². The van der Waals surface area contributed by atoms with E-state index in [1.807, 2.05) is 0 Å². The Morgan fingerprint density at radius 2 is 2.24 bits per heavy atom. The van der Waals surface area contributed by atoms with Crippen LogP contribution in [0.5, 0.6) is 5.75 Å². The van der Waals surface area contributed by atoms with Crippen molar-refractivity contribution in [2.75, 3.05) is 0 Å². The highest BCUT2D eigenvalue weighted by molar-refractivity contribution is 6.32. The standard InChI is InChI=1S/C12H12ClFO3/c1-6(12(15)16)9-4-7(14)5-10(13)11(9)17-8-2-3-8/h4-6,8H,2-3H2,1H3,(H,15,16). The maximum atomic E-state index is 13.3. The Kier molecular flexibility index (Phi) is 3.24. The van der Waals surface area contributed by atoms with Gasteiger partial charge >= 0.3 is 5.97 Å². The van der Waals surface area contributed by atoms with Crippen LogP contribution in [-0.4, -0.2) is 17.2 Å². The SMILES string of the molecule is CC(C(=O)O)c1cc(F)cc(Cl)c1OC1CC1. The average Bonchev–Trinajstić information content (AvgIpc) is 3.04. The van der Waals surface area contributed by atoms with Crippen molar-refractivity contribution in [3.63, 3.8) is 0 Å². The molecule has 0 heterocycles. The molecule has 1 aliphatic carbocycles. The Morgan fingerprint density at radius 3 is 2.76 bits per heavy atom. The van der Waals surface area contributed by atoms with Crippen LogP contribution in [0.2, 0.25) is 5.02 Å². The molecule has 0 aliphatic heterocycles. The molecular weight excluding hydrogens is 247 g/mol. The van der Waals surface area contributed by atoms with Crippen LogP contribution in [0.4, 0.5) is 4.39 Å². The fraction of sp³-hybridized carbons (Fsp3) is 0.417. The molecule has 0 radical (unpaired) electrons. The van der Waals surface area contributed by atoms with E-state index in [2.05, 4.69) is 0 Å². The van der Waals surface area contributed by atoms with Gasteiger partial charge in [-0.1, -0.05) is 11.6 Å². The van der Waals surface area contributed by atoms with Gasteiger partial charge in [-0.2, -0.15) is 0 Å². The Morgan fingerprint density at radius 1 is 1.59 bits per heavy atom. The van der Waals surface area contributed by atoms with Crippen molar-refractivity contribution in [1.29, 1.82) is 0 Å². The summed E-state index contributed by atoms with van der Waals surface area (Å²) in [6, 6.07) is 2.31. The highest BCUT2D eigenvalue weighted by atomic mass is 35.5. The molecule has 1 atom stereocenters. The van der Waals surface area contributed by atoms with Gasteiger partial charge in [0.05, 0.1) is 17.0 Å². The summed E-state index contributed by atoms with van der Waals surface area (Å²) >= 11 is 5.90. The number of carbonyl (C=O) groups is 1. The van der Waals surface area contributed by atoms with Gasteiger partial charge in [-0.15, -0.1) is 0 Å². The molecule has 0 bridgehead atoms. The maximum absolute atomic E-state index is 13.3. The van der Waals surface area contributed by atoms with Gasteiger partial charge in [0.2, 0.25) is 0 Å². The zero-order valence-corrected chi connectivity index (χ0v) is 10.00. The third-order valence-corrected chi connectivity index (χ3v) is 2.96. The lowest BCUT2D eigenvalue weighted by atomic mass is 10.00. The van der Waals surface area contributed by atoms with Crippen LogP contribution in [0.15, 0.2) is 12.1 Å². The molecule has 1 unspecified atom stereocenters. The van der Waals surface area contributed by atoms with Crippen molar-refractivity contribution in [1.82, 2.24) is 0 Å². The second kappa shape index (κ2) is 4.53. The summed E-state index contributed by atoms with van der Waals surface area (Å²) in [6.45, 7) is 1.48. The Labute approximate surface area is 103 Å². The van der Waals surface area contributed by atoms with E-state index in [1.165, 1.54) is 13.0 Å². The van der Waals surface area contributed by atoms with E-state index in [-0.39, 0.29) is 16.7 Å². The molecule has 92 valence electrons. The average molecular weight is 259 g/mol. The second-order valence-electron chi connectivity index (χ2n) is 4.18. The van der Waals surface area contributed by atoms with E-state index in [0.29, 0.717) is 5.75 Å². The number of halogens is 2. The van der Waals surface area contributed by atoms with Crippen LogP contribution in [0.3, 0.4) is 0 Å². The van der Waals surface area contributed by atoms with Crippen LogP contribution >= 0.6 is 11.6 Å². The van der Waals surface area contributed by atoms with Gasteiger partial charge in [0.15, 0.2) is 0 Å². The van der Waals surface area contributed by atoms with E-state index < -0.39 is 17.7 Å². The van der Waals surface area contributed by atoms with E-state index >= 15 is 0 Å². The Bertz CT molecular complexity index is 457. The van der Waals surface area contributed by atoms with E-state index in [1.54, 1.807) is 0 Å². The molecule has 0 saturated heterocycles. The molecule has 3 nitrogen and oxygen atoms in total. The Balaban J connectivity index is 2.41. The molecule has 2 rings (SSSR count). The van der Waals surface area contributed by atoms with Gasteiger partial charge < -0.3 is 9.84 Å². The van der Waals surface area contributed by atoms with Crippen molar-refractivity contribution in [2.24, 2.45) is 0 Å². The molecule has 1 fully saturated rings. The Hall–Kier alpha value is -1.29. The zero-order valence-electron chi connectivity index (χ0n) is 9.24. The summed E-state index contributed by atoms with van der Waals surface area (Å²) in [5.41, 5.74) is 0.286. The van der Waals surface area contributed by atoms with Crippen LogP contribution in [0.25, 0.3) is 0 Å². The lowest BCUT2D eigenvalue weighted by Crippen LogP contribution is -2.11. The molecule has 5 heteroatoms. The van der Waals surface area contributed by atoms with Gasteiger partial charge in [0, 0.05) is 5.56 Å². The van der Waals surface area contributed by atoms with Crippen LogP contribution in [-0.2, 0) is 4.79 Å². The molecule has 1 aromatic carbocycles. The highest BCUT2D eigenvalue weighted by Gasteiger charge is 2.28. The molecule has 17 heavy (non-hydrogen) atoms. The summed E-state index contributed by atoms with van der Waals surface area (Å²) in [7, 11) is 0. The minimum Gasteiger partial charge on any atom is -0.489 e. The number of benzene rings is 1. The van der Waals surface area contributed by atoms with Gasteiger partial charge in [0.25, 0.3) is 0 Å². The van der Waals surface area contributed by atoms with E-state index in [4.69, 9.17) is 21.4 Å². The monoisotopic (exact) mass is 258 g/mol. The van der Waals surface area contributed by atoms with Crippen molar-refractivity contribution >= 4 is 17.6 Å². The van der Waals surface area contributed by atoms with Gasteiger partial charge in [-0.25, -0.2) is 4.39 Å². The lowest BCUT2D eigenvalue weighted by molar-refractivity contribution is -0.138. The van der Waals surface area contributed by atoms with Gasteiger partial charge in [-0.3, -0.25) is 4.79 Å². The minimum atomic E-state index is -1.03. The van der Waals surface area contributed by atoms with E-state index in [0.717, 1.165) is 18.9 Å². The van der Waals surface area contributed by atoms with Crippen LogP contribution < -0.4 is 4.74 Å². The summed E-state index contributed by atoms with van der Waals surface area (Å²) in [5, 5.41) is 9.10. The molecule has 0 spiro atoms. The van der Waals surface area contributed by atoms with Crippen molar-refractivity contribution in [3.05, 3.63) is 28.5 Å². The molecule has 0 amide bonds. The third kappa shape index (κ3) is 2.69. The number of carboxylic acids is 1. The maximum Gasteiger partial charge on any atom is 0.310 e. The van der Waals surface area contributed by atoms with Crippen molar-refractivity contribution < 1.29 is 19.0 Å². The molecule has 1 saturated carbocycles. The number of hydrogen-bond acceptors (Lipinski definition) is 2. The predicted octanol–water partition coefficient (Wildman–Crippen LogP) is 3.21. The second-order valence-corrected chi connectivity index (χ2v) is 4.59. The largest absolute Gasteiger partial charge is 0.489 e. The molecule has 1 N–H and O–H groups in total. The minimum absolute atomic E-state index is 0.0812. The summed E-state index contributed by atoms with van der Waals surface area (Å²) in [5.74, 6) is -2.14. The zero-order chi connectivity index (χ0) is 12.6. The van der Waals surface area contributed by atoms with Crippen LogP contribution in [0, 0.1) is 5.82 Å². The van der Waals surface area contributed by atoms with E-state index in [9.17, 15) is 9.18 Å². The number of rotatable bonds is 4. The fourth-order valence-electron chi connectivity index (χ4n) is 1.51. The lowest BCUT2D eigenvalue weighted by Gasteiger charge is -2.15. The first kappa shape index (κ1) is 12.2. The normalized spacial score (nSPS) is 16.6. The summed E-state index contributed by atoms with van der Waals surface area (Å²) in [6.07, 6.45) is 1.93. The fourth-order valence-corrected chi connectivity index (χ4v) is 1.77. The molecule has 0 aromatic heterocycles. The first-order chi connectivity index (χ1) is 7.99. The van der Waals surface area contributed by atoms with Crippen molar-refractivity contribution in [3.8, 4) is 5.75 Å². The molecule has 1 aromatic rings. The summed E-state index contributed by atoms with van der Waals surface area (Å²) in [4.78, 5) is 11.0. The van der Waals surface area contributed by atoms with Crippen LogP contribution in [0.1, 0.15) is 31.2 Å². The number of aliphatic carboxylic acids is 1. The van der Waals surface area contributed by atoms with Gasteiger partial charge in [0.1, 0.15) is 11.6 Å². The van der Waals surface area contributed by atoms with Gasteiger partial charge in [-0.05, 0) is 31.9 Å². The smallest absolute Gasteiger partial charge is 0.310 e. The first-order valence-corrected chi connectivity index (χ1v) is 5.75.